The minimum atomic E-state index is -0.0469. The third-order valence-corrected chi connectivity index (χ3v) is 5.77. The number of para-hydroxylation sites is 1. The summed E-state index contributed by atoms with van der Waals surface area (Å²) in [6.07, 6.45) is 1.72. The summed E-state index contributed by atoms with van der Waals surface area (Å²) in [6, 6.07) is 7.86. The smallest absolute Gasteiger partial charge is 0.266 e. The summed E-state index contributed by atoms with van der Waals surface area (Å²) in [7, 11) is 1.67. The first-order chi connectivity index (χ1) is 11.9. The van der Waals surface area contributed by atoms with Crippen LogP contribution in [0.15, 0.2) is 30.5 Å². The molecule has 0 bridgehead atoms. The summed E-state index contributed by atoms with van der Waals surface area (Å²) in [5, 5.41) is 4.37. The average molecular weight is 432 g/mol. The van der Waals surface area contributed by atoms with E-state index >= 15 is 0 Å². The first-order valence-corrected chi connectivity index (χ1v) is 9.34. The van der Waals surface area contributed by atoms with Gasteiger partial charge in [0.2, 0.25) is 0 Å². The lowest BCUT2D eigenvalue weighted by molar-refractivity contribution is 0.0636. The number of amides is 1. The molecule has 5 nitrogen and oxygen atoms in total. The molecule has 8 heteroatoms. The number of nitrogens with zero attached hydrogens (tertiary/aromatic N) is 2. The van der Waals surface area contributed by atoms with Gasteiger partial charge in [0.15, 0.2) is 0 Å². The molecule has 150 valence electrons. The molecule has 1 atom stereocenters. The predicted octanol–water partition coefficient (Wildman–Crippen LogP) is 4.08. The SMILES string of the molecule is COc1ccccc1C1CNCCN1C(=O)c1cnc(C(C)(C)C)s1.Cl.Cl. The largest absolute Gasteiger partial charge is 0.496 e. The van der Waals surface area contributed by atoms with Crippen molar-refractivity contribution in [1.29, 1.82) is 0 Å². The maximum Gasteiger partial charge on any atom is 0.266 e. The van der Waals surface area contributed by atoms with Crippen LogP contribution in [0, 0.1) is 0 Å². The lowest BCUT2D eigenvalue weighted by Gasteiger charge is -2.36. The van der Waals surface area contributed by atoms with Crippen LogP contribution in [-0.2, 0) is 5.41 Å². The van der Waals surface area contributed by atoms with Crippen molar-refractivity contribution in [3.63, 3.8) is 0 Å². The third-order valence-electron chi connectivity index (χ3n) is 4.36. The van der Waals surface area contributed by atoms with Gasteiger partial charge in [-0.05, 0) is 6.07 Å². The number of rotatable bonds is 3. The van der Waals surface area contributed by atoms with Crippen molar-refractivity contribution in [3.8, 4) is 5.75 Å². The van der Waals surface area contributed by atoms with Crippen molar-refractivity contribution >= 4 is 42.1 Å². The van der Waals surface area contributed by atoms with Gasteiger partial charge in [-0.15, -0.1) is 36.2 Å². The highest BCUT2D eigenvalue weighted by molar-refractivity contribution is 7.13. The molecule has 3 rings (SSSR count). The van der Waals surface area contributed by atoms with Crippen LogP contribution in [0.2, 0.25) is 0 Å². The molecular formula is C19H27Cl2N3O2S. The van der Waals surface area contributed by atoms with E-state index in [9.17, 15) is 4.79 Å². The van der Waals surface area contributed by atoms with Gasteiger partial charge in [-0.1, -0.05) is 39.0 Å². The Kier molecular flexibility index (Phi) is 8.54. The molecule has 0 aliphatic carbocycles. The number of ether oxygens (including phenoxy) is 1. The van der Waals surface area contributed by atoms with E-state index < -0.39 is 0 Å². The van der Waals surface area contributed by atoms with Crippen LogP contribution in [0.3, 0.4) is 0 Å². The first-order valence-electron chi connectivity index (χ1n) is 8.52. The second-order valence-electron chi connectivity index (χ2n) is 7.24. The maximum atomic E-state index is 13.2. The number of carbonyl (C=O) groups excluding carboxylic acids is 1. The highest BCUT2D eigenvalue weighted by atomic mass is 35.5. The van der Waals surface area contributed by atoms with E-state index in [1.165, 1.54) is 11.3 Å². The van der Waals surface area contributed by atoms with Gasteiger partial charge >= 0.3 is 0 Å². The molecule has 0 spiro atoms. The molecule has 1 unspecified atom stereocenters. The normalized spacial score (nSPS) is 16.9. The fraction of sp³-hybridized carbons (Fsp3) is 0.474. The maximum absolute atomic E-state index is 13.2. The van der Waals surface area contributed by atoms with Gasteiger partial charge < -0.3 is 15.0 Å². The second kappa shape index (κ2) is 9.73. The molecule has 2 heterocycles. The average Bonchev–Trinajstić information content (AvgIpc) is 3.11. The van der Waals surface area contributed by atoms with Crippen molar-refractivity contribution in [1.82, 2.24) is 15.2 Å². The lowest BCUT2D eigenvalue weighted by Crippen LogP contribution is -2.48. The van der Waals surface area contributed by atoms with Gasteiger partial charge in [0, 0.05) is 30.6 Å². The van der Waals surface area contributed by atoms with Crippen molar-refractivity contribution < 1.29 is 9.53 Å². The highest BCUT2D eigenvalue weighted by Crippen LogP contribution is 2.33. The number of nitrogens with one attached hydrogen (secondary N) is 1. The molecule has 2 aromatic rings. The Morgan fingerprint density at radius 2 is 2.00 bits per heavy atom. The van der Waals surface area contributed by atoms with Crippen molar-refractivity contribution in [2.24, 2.45) is 0 Å². The van der Waals surface area contributed by atoms with Gasteiger partial charge in [0.25, 0.3) is 5.91 Å². The summed E-state index contributed by atoms with van der Waals surface area (Å²) in [6.45, 7) is 8.53. The van der Waals surface area contributed by atoms with Crippen LogP contribution in [0.5, 0.6) is 5.75 Å². The molecule has 1 aliphatic rings. The zero-order valence-corrected chi connectivity index (χ0v) is 18.5. The fourth-order valence-corrected chi connectivity index (χ4v) is 3.96. The summed E-state index contributed by atoms with van der Waals surface area (Å²) in [5.74, 6) is 0.860. The lowest BCUT2D eigenvalue weighted by atomic mass is 9.98. The van der Waals surface area contributed by atoms with Crippen molar-refractivity contribution in [2.75, 3.05) is 26.7 Å². The van der Waals surface area contributed by atoms with Gasteiger partial charge in [-0.25, -0.2) is 4.98 Å². The van der Waals surface area contributed by atoms with Gasteiger partial charge in [0.05, 0.1) is 24.4 Å². The van der Waals surface area contributed by atoms with E-state index in [4.69, 9.17) is 4.74 Å². The monoisotopic (exact) mass is 431 g/mol. The van der Waals surface area contributed by atoms with Crippen LogP contribution in [-0.4, -0.2) is 42.5 Å². The number of aromatic nitrogens is 1. The van der Waals surface area contributed by atoms with Crippen LogP contribution < -0.4 is 10.1 Å². The minimum absolute atomic E-state index is 0. The van der Waals surface area contributed by atoms with Crippen molar-refractivity contribution in [2.45, 2.75) is 32.2 Å². The Morgan fingerprint density at radius 1 is 1.30 bits per heavy atom. The number of piperazine rings is 1. The first kappa shape index (κ1) is 23.7. The quantitative estimate of drug-likeness (QED) is 0.794. The molecule has 0 radical (unpaired) electrons. The minimum Gasteiger partial charge on any atom is -0.496 e. The Hall–Kier alpha value is -1.34. The summed E-state index contributed by atoms with van der Waals surface area (Å²) in [4.78, 5) is 20.3. The van der Waals surface area contributed by atoms with Gasteiger partial charge in [0.1, 0.15) is 10.6 Å². The molecule has 0 saturated carbocycles. The molecule has 1 saturated heterocycles. The Morgan fingerprint density at radius 3 is 2.63 bits per heavy atom. The van der Waals surface area contributed by atoms with E-state index in [-0.39, 0.29) is 42.2 Å². The summed E-state index contributed by atoms with van der Waals surface area (Å²) < 4.78 is 5.51. The summed E-state index contributed by atoms with van der Waals surface area (Å²) >= 11 is 1.49. The second-order valence-corrected chi connectivity index (χ2v) is 8.27. The number of hydrogen-bond donors (Lipinski definition) is 1. The van der Waals surface area contributed by atoms with E-state index in [1.54, 1.807) is 13.3 Å². The molecule has 1 fully saturated rings. The van der Waals surface area contributed by atoms with Crippen molar-refractivity contribution in [3.05, 3.63) is 45.9 Å². The van der Waals surface area contributed by atoms with Crippen LogP contribution in [0.4, 0.5) is 0 Å². The third kappa shape index (κ3) is 5.13. The highest BCUT2D eigenvalue weighted by Gasteiger charge is 2.32. The number of carbonyl (C=O) groups is 1. The topological polar surface area (TPSA) is 54.5 Å². The predicted molar refractivity (Wildman–Crippen MR) is 115 cm³/mol. The molecule has 27 heavy (non-hydrogen) atoms. The van der Waals surface area contributed by atoms with Crippen LogP contribution in [0.25, 0.3) is 0 Å². The fourth-order valence-electron chi connectivity index (χ4n) is 3.03. The van der Waals surface area contributed by atoms with Gasteiger partial charge in [-0.3, -0.25) is 4.79 Å². The Balaban J connectivity index is 0.00000182. The number of thiazole rings is 1. The van der Waals surface area contributed by atoms with Gasteiger partial charge in [-0.2, -0.15) is 0 Å². The zero-order valence-electron chi connectivity index (χ0n) is 16.0. The van der Waals surface area contributed by atoms with E-state index in [1.807, 2.05) is 29.2 Å². The standard InChI is InChI=1S/C19H25N3O2S.2ClH/c1-19(2,3)18-21-12-16(25-18)17(23)22-10-9-20-11-14(22)13-7-5-6-8-15(13)24-4;;/h5-8,12,14,20H,9-11H2,1-4H3;2*1H. The molecule has 1 amide bonds. The Labute approximate surface area is 177 Å². The Bertz CT molecular complexity index is 761. The molecule has 1 aliphatic heterocycles. The summed E-state index contributed by atoms with van der Waals surface area (Å²) in [5.41, 5.74) is 0.987. The van der Waals surface area contributed by atoms with E-state index in [0.717, 1.165) is 29.4 Å². The number of methoxy groups -OCH3 is 1. The number of hydrogen-bond acceptors (Lipinski definition) is 5. The van der Waals surface area contributed by atoms with E-state index in [0.29, 0.717) is 11.4 Å². The van der Waals surface area contributed by atoms with Crippen LogP contribution in [0.1, 0.15) is 47.1 Å². The number of halogens is 2. The van der Waals surface area contributed by atoms with E-state index in [2.05, 4.69) is 31.1 Å². The molecule has 1 N–H and O–H groups in total. The number of benzene rings is 1. The van der Waals surface area contributed by atoms with Crippen LogP contribution >= 0.6 is 36.2 Å². The molecule has 1 aromatic heterocycles. The molecule has 1 aromatic carbocycles. The zero-order chi connectivity index (χ0) is 18.0. The molecular weight excluding hydrogens is 405 g/mol.